The van der Waals surface area contributed by atoms with Gasteiger partial charge in [0.1, 0.15) is 11.5 Å². The fraction of sp³-hybridized carbons (Fsp3) is 0.286. The van der Waals surface area contributed by atoms with E-state index in [0.29, 0.717) is 17.5 Å². The molecule has 146 valence electrons. The van der Waals surface area contributed by atoms with E-state index in [-0.39, 0.29) is 12.1 Å². The standard InChI is InChI=1S/C21H21N7O/c1-13-11-15(6-9-22-13)19-24-14(2)18-20(26-19)28(16-7-10-27(18)12-16)21(29)25-17-5-3-4-8-23-17/h3-6,8-9,11,16H,7,10,12H2,1-2H3,(H,23,25,29)/t16-/m0/s1. The maximum absolute atomic E-state index is 13.2. The summed E-state index contributed by atoms with van der Waals surface area (Å²) < 4.78 is 0. The fourth-order valence-electron chi connectivity index (χ4n) is 4.10. The van der Waals surface area contributed by atoms with Crippen molar-refractivity contribution in [3.63, 3.8) is 0 Å². The Balaban J connectivity index is 1.59. The maximum atomic E-state index is 13.2. The van der Waals surface area contributed by atoms with E-state index >= 15 is 0 Å². The van der Waals surface area contributed by atoms with Crippen LogP contribution in [0.5, 0.6) is 0 Å². The number of amides is 2. The first-order chi connectivity index (χ1) is 14.1. The molecule has 3 aromatic rings. The predicted octanol–water partition coefficient (Wildman–Crippen LogP) is 3.18. The third-order valence-corrected chi connectivity index (χ3v) is 5.39. The van der Waals surface area contributed by atoms with Crippen molar-refractivity contribution in [2.75, 3.05) is 28.2 Å². The molecular weight excluding hydrogens is 366 g/mol. The van der Waals surface area contributed by atoms with Crippen LogP contribution in [0.15, 0.2) is 42.7 Å². The molecule has 1 saturated heterocycles. The summed E-state index contributed by atoms with van der Waals surface area (Å²) in [5.41, 5.74) is 3.59. The maximum Gasteiger partial charge on any atom is 0.329 e. The molecule has 8 heteroatoms. The summed E-state index contributed by atoms with van der Waals surface area (Å²) in [6, 6.07) is 9.15. The highest BCUT2D eigenvalue weighted by Crippen LogP contribution is 2.41. The molecule has 2 aliphatic heterocycles. The average Bonchev–Trinajstić information content (AvgIpc) is 3.12. The van der Waals surface area contributed by atoms with Crippen molar-refractivity contribution in [2.45, 2.75) is 26.3 Å². The zero-order valence-corrected chi connectivity index (χ0v) is 16.3. The number of pyridine rings is 2. The molecule has 2 bridgehead atoms. The van der Waals surface area contributed by atoms with Gasteiger partial charge in [-0.25, -0.2) is 19.7 Å². The van der Waals surface area contributed by atoms with Crippen LogP contribution in [0.3, 0.4) is 0 Å². The minimum atomic E-state index is -0.216. The lowest BCUT2D eigenvalue weighted by Crippen LogP contribution is -2.48. The smallest absolute Gasteiger partial charge is 0.329 e. The van der Waals surface area contributed by atoms with Gasteiger partial charge in [-0.15, -0.1) is 0 Å². The minimum Gasteiger partial charge on any atom is -0.365 e. The Hall–Kier alpha value is -3.55. The molecule has 0 radical (unpaired) electrons. The van der Waals surface area contributed by atoms with E-state index in [2.05, 4.69) is 20.2 Å². The van der Waals surface area contributed by atoms with E-state index < -0.39 is 0 Å². The van der Waals surface area contributed by atoms with Crippen molar-refractivity contribution >= 4 is 23.4 Å². The van der Waals surface area contributed by atoms with Gasteiger partial charge in [0.2, 0.25) is 0 Å². The number of aryl methyl sites for hydroxylation is 2. The monoisotopic (exact) mass is 387 g/mol. The van der Waals surface area contributed by atoms with Crippen LogP contribution in [-0.2, 0) is 0 Å². The summed E-state index contributed by atoms with van der Waals surface area (Å²) in [7, 11) is 0. The molecule has 5 rings (SSSR count). The number of nitrogens with one attached hydrogen (secondary N) is 1. The molecular formula is C21H21N7O. The number of nitrogens with zero attached hydrogens (tertiary/aromatic N) is 6. The molecule has 29 heavy (non-hydrogen) atoms. The molecule has 1 fully saturated rings. The zero-order valence-electron chi connectivity index (χ0n) is 16.3. The van der Waals surface area contributed by atoms with Crippen molar-refractivity contribution in [1.29, 1.82) is 0 Å². The zero-order chi connectivity index (χ0) is 20.0. The lowest BCUT2D eigenvalue weighted by atomic mass is 10.1. The highest BCUT2D eigenvalue weighted by molar-refractivity contribution is 6.04. The third-order valence-electron chi connectivity index (χ3n) is 5.39. The molecule has 0 spiro atoms. The van der Waals surface area contributed by atoms with Crippen LogP contribution in [0.2, 0.25) is 0 Å². The molecule has 8 nitrogen and oxygen atoms in total. The fourth-order valence-corrected chi connectivity index (χ4v) is 4.10. The van der Waals surface area contributed by atoms with Gasteiger partial charge in [0.15, 0.2) is 11.6 Å². The van der Waals surface area contributed by atoms with Gasteiger partial charge in [-0.05, 0) is 44.5 Å². The van der Waals surface area contributed by atoms with E-state index in [1.807, 2.05) is 38.1 Å². The van der Waals surface area contributed by atoms with Crippen molar-refractivity contribution in [2.24, 2.45) is 0 Å². The van der Waals surface area contributed by atoms with Gasteiger partial charge >= 0.3 is 6.03 Å². The molecule has 2 amide bonds. The van der Waals surface area contributed by atoms with Crippen molar-refractivity contribution in [3.05, 3.63) is 54.1 Å². The van der Waals surface area contributed by atoms with E-state index in [9.17, 15) is 4.79 Å². The molecule has 1 atom stereocenters. The van der Waals surface area contributed by atoms with Gasteiger partial charge in [-0.3, -0.25) is 15.2 Å². The van der Waals surface area contributed by atoms with Gasteiger partial charge < -0.3 is 4.90 Å². The number of hydrogen-bond donors (Lipinski definition) is 1. The lowest BCUT2D eigenvalue weighted by Gasteiger charge is -2.36. The van der Waals surface area contributed by atoms with Gasteiger partial charge in [0.25, 0.3) is 0 Å². The van der Waals surface area contributed by atoms with Crippen molar-refractivity contribution in [1.82, 2.24) is 19.9 Å². The molecule has 0 saturated carbocycles. The number of carbonyl (C=O) groups is 1. The Morgan fingerprint density at radius 3 is 2.83 bits per heavy atom. The van der Waals surface area contributed by atoms with Crippen LogP contribution < -0.4 is 15.1 Å². The second-order valence-electron chi connectivity index (χ2n) is 7.39. The third kappa shape index (κ3) is 3.06. The van der Waals surface area contributed by atoms with Crippen LogP contribution in [0.25, 0.3) is 11.4 Å². The summed E-state index contributed by atoms with van der Waals surface area (Å²) in [6.07, 6.45) is 4.31. The molecule has 2 aliphatic rings. The van der Waals surface area contributed by atoms with Gasteiger partial charge in [-0.2, -0.15) is 0 Å². The lowest BCUT2D eigenvalue weighted by molar-refractivity contribution is 0.254. The molecule has 0 aromatic carbocycles. The first-order valence-corrected chi connectivity index (χ1v) is 9.68. The van der Waals surface area contributed by atoms with Crippen molar-refractivity contribution in [3.8, 4) is 11.4 Å². The Bertz CT molecular complexity index is 1090. The summed E-state index contributed by atoms with van der Waals surface area (Å²) in [5.74, 6) is 1.78. The number of rotatable bonds is 2. The molecule has 1 N–H and O–H groups in total. The number of anilines is 3. The van der Waals surface area contributed by atoms with Crippen molar-refractivity contribution < 1.29 is 4.79 Å². The van der Waals surface area contributed by atoms with Crippen LogP contribution >= 0.6 is 0 Å². The number of hydrogen-bond acceptors (Lipinski definition) is 6. The van der Waals surface area contributed by atoms with Crippen LogP contribution in [-0.4, -0.2) is 45.1 Å². The van der Waals surface area contributed by atoms with Gasteiger partial charge in [-0.1, -0.05) is 6.07 Å². The van der Waals surface area contributed by atoms with Gasteiger partial charge in [0, 0.05) is 36.7 Å². The molecule has 3 aromatic heterocycles. The van der Waals surface area contributed by atoms with E-state index in [4.69, 9.17) is 9.97 Å². The quantitative estimate of drug-likeness (QED) is 0.727. The SMILES string of the molecule is Cc1cc(-c2nc(C)c3c(n2)N(C(=O)Nc2ccccn2)[C@H]2CCN3C2)ccn1. The summed E-state index contributed by atoms with van der Waals surface area (Å²) in [5, 5.41) is 2.91. The Morgan fingerprint density at radius 1 is 1.14 bits per heavy atom. The second-order valence-corrected chi connectivity index (χ2v) is 7.39. The Morgan fingerprint density at radius 2 is 2.03 bits per heavy atom. The van der Waals surface area contributed by atoms with Crippen LogP contribution in [0, 0.1) is 13.8 Å². The molecule has 0 aliphatic carbocycles. The van der Waals surface area contributed by atoms with Crippen LogP contribution in [0.4, 0.5) is 22.1 Å². The summed E-state index contributed by atoms with van der Waals surface area (Å²) in [6.45, 7) is 5.60. The molecule has 5 heterocycles. The highest BCUT2D eigenvalue weighted by atomic mass is 16.2. The normalized spacial score (nSPS) is 17.2. The highest BCUT2D eigenvalue weighted by Gasteiger charge is 2.41. The van der Waals surface area contributed by atoms with E-state index in [0.717, 1.165) is 42.1 Å². The summed E-state index contributed by atoms with van der Waals surface area (Å²) >= 11 is 0. The first-order valence-electron chi connectivity index (χ1n) is 9.68. The topological polar surface area (TPSA) is 87.1 Å². The Kier molecular flexibility index (Phi) is 4.12. The number of fused-ring (bicyclic) bond motifs is 4. The number of urea groups is 1. The Labute approximate surface area is 168 Å². The summed E-state index contributed by atoms with van der Waals surface area (Å²) in [4.78, 5) is 35.3. The molecule has 0 unspecified atom stereocenters. The predicted molar refractivity (Wildman–Crippen MR) is 111 cm³/mol. The minimum absolute atomic E-state index is 0.0764. The van der Waals surface area contributed by atoms with E-state index in [1.165, 1.54) is 0 Å². The van der Waals surface area contributed by atoms with Crippen LogP contribution in [0.1, 0.15) is 17.8 Å². The first kappa shape index (κ1) is 17.5. The van der Waals surface area contributed by atoms with Gasteiger partial charge in [0.05, 0.1) is 11.7 Å². The van der Waals surface area contributed by atoms with E-state index in [1.54, 1.807) is 23.4 Å². The number of carbonyl (C=O) groups excluding carboxylic acids is 1. The average molecular weight is 387 g/mol. The largest absolute Gasteiger partial charge is 0.365 e. The number of aromatic nitrogens is 4. The second kappa shape index (κ2) is 6.80.